The van der Waals surface area contributed by atoms with Crippen molar-refractivity contribution in [2.45, 2.75) is 20.5 Å². The number of nitrogens with one attached hydrogen (secondary N) is 1. The van der Waals surface area contributed by atoms with Crippen molar-refractivity contribution in [2.24, 2.45) is 4.99 Å². The third-order valence-electron chi connectivity index (χ3n) is 5.67. The van der Waals surface area contributed by atoms with Crippen LogP contribution in [0, 0.1) is 13.8 Å². The van der Waals surface area contributed by atoms with Gasteiger partial charge < -0.3 is 24.3 Å². The molecule has 5 rings (SSSR count). The van der Waals surface area contributed by atoms with Crippen LogP contribution in [0.1, 0.15) is 22.3 Å². The first-order valence-corrected chi connectivity index (χ1v) is 13.7. The number of amides is 1. The number of nitrogens with zero attached hydrogens (tertiary/aromatic N) is 1. The van der Waals surface area contributed by atoms with Crippen molar-refractivity contribution in [2.75, 3.05) is 13.9 Å². The number of fused-ring (bicyclic) bond motifs is 1. The minimum absolute atomic E-state index is 0.201. The van der Waals surface area contributed by atoms with Gasteiger partial charge >= 0.3 is 0 Å². The number of ether oxygens (including phenoxy) is 4. The summed E-state index contributed by atoms with van der Waals surface area (Å²) in [6, 6.07) is 13.4. The fourth-order valence-corrected chi connectivity index (χ4v) is 5.53. The van der Waals surface area contributed by atoms with Crippen LogP contribution in [0.25, 0.3) is 6.08 Å². The molecule has 3 aromatic carbocycles. The number of amidine groups is 1. The molecule has 0 aliphatic carbocycles. The second kappa shape index (κ2) is 10.8. The number of hydrogen-bond donors (Lipinski definition) is 1. The molecule has 10 heteroatoms. The molecule has 37 heavy (non-hydrogen) atoms. The molecule has 1 amide bonds. The van der Waals surface area contributed by atoms with Gasteiger partial charge in [0.25, 0.3) is 5.91 Å². The van der Waals surface area contributed by atoms with Crippen LogP contribution in [0.4, 0.5) is 5.69 Å². The Morgan fingerprint density at radius 2 is 1.84 bits per heavy atom. The Balaban J connectivity index is 1.34. The second-order valence-corrected chi connectivity index (χ2v) is 11.1. The minimum Gasteiger partial charge on any atom is -0.493 e. The monoisotopic (exact) mass is 644 g/mol. The van der Waals surface area contributed by atoms with Crippen LogP contribution in [0.5, 0.6) is 23.0 Å². The Kier molecular flexibility index (Phi) is 7.50. The summed E-state index contributed by atoms with van der Waals surface area (Å²) in [5.41, 5.74) is 4.68. The molecule has 3 aromatic rings. The summed E-state index contributed by atoms with van der Waals surface area (Å²) in [5.74, 6) is 2.33. The van der Waals surface area contributed by atoms with Crippen molar-refractivity contribution >= 4 is 66.5 Å². The first-order chi connectivity index (χ1) is 17.8. The first-order valence-electron chi connectivity index (χ1n) is 11.3. The fraction of sp³-hybridized carbons (Fsp3) is 0.185. The van der Waals surface area contributed by atoms with E-state index in [1.807, 2.05) is 56.3 Å². The number of benzene rings is 3. The lowest BCUT2D eigenvalue weighted by molar-refractivity contribution is -0.115. The smallest absolute Gasteiger partial charge is 0.264 e. The van der Waals surface area contributed by atoms with Gasteiger partial charge in [-0.15, -0.1) is 0 Å². The summed E-state index contributed by atoms with van der Waals surface area (Å²) >= 11 is 8.45. The predicted molar refractivity (Wildman–Crippen MR) is 152 cm³/mol. The number of hydrogen-bond acceptors (Lipinski definition) is 7. The lowest BCUT2D eigenvalue weighted by Gasteiger charge is -2.14. The number of carbonyl (C=O) groups is 1. The number of thioether (sulfide) groups is 1. The summed E-state index contributed by atoms with van der Waals surface area (Å²) in [6.45, 7) is 4.57. The van der Waals surface area contributed by atoms with Gasteiger partial charge in [0.05, 0.1) is 22.2 Å². The molecule has 0 atom stereocenters. The molecular formula is C27H22Br2N2O5S. The maximum absolute atomic E-state index is 12.6. The third-order valence-corrected chi connectivity index (χ3v) is 8.42. The minimum atomic E-state index is -0.201. The molecule has 0 aromatic heterocycles. The highest BCUT2D eigenvalue weighted by Gasteiger charge is 2.24. The van der Waals surface area contributed by atoms with E-state index >= 15 is 0 Å². The van der Waals surface area contributed by atoms with E-state index in [9.17, 15) is 4.79 Å². The summed E-state index contributed by atoms with van der Waals surface area (Å²) in [4.78, 5) is 17.8. The van der Waals surface area contributed by atoms with Gasteiger partial charge in [-0.2, -0.15) is 0 Å². The molecule has 0 spiro atoms. The number of halogens is 2. The van der Waals surface area contributed by atoms with Crippen molar-refractivity contribution in [3.8, 4) is 23.0 Å². The molecule has 0 saturated carbocycles. The van der Waals surface area contributed by atoms with Crippen LogP contribution in [0.3, 0.4) is 0 Å². The van der Waals surface area contributed by atoms with E-state index in [-0.39, 0.29) is 12.7 Å². The Hall–Kier alpha value is -2.95. The van der Waals surface area contributed by atoms with E-state index < -0.39 is 0 Å². The molecule has 1 saturated heterocycles. The van der Waals surface area contributed by atoms with Crippen molar-refractivity contribution in [3.63, 3.8) is 0 Å². The normalized spacial score (nSPS) is 16.4. The fourth-order valence-electron chi connectivity index (χ4n) is 3.89. The van der Waals surface area contributed by atoms with E-state index in [4.69, 9.17) is 18.9 Å². The quantitative estimate of drug-likeness (QED) is 0.290. The van der Waals surface area contributed by atoms with Gasteiger partial charge in [-0.3, -0.25) is 4.79 Å². The Labute approximate surface area is 235 Å². The number of aryl methyl sites for hydroxylation is 2. The molecule has 7 nitrogen and oxygen atoms in total. The molecule has 0 unspecified atom stereocenters. The molecule has 1 fully saturated rings. The molecule has 190 valence electrons. The number of rotatable bonds is 6. The van der Waals surface area contributed by atoms with Crippen LogP contribution < -0.4 is 24.3 Å². The van der Waals surface area contributed by atoms with E-state index in [2.05, 4.69) is 42.2 Å². The van der Waals surface area contributed by atoms with E-state index in [1.165, 1.54) is 11.8 Å². The third kappa shape index (κ3) is 5.66. The Morgan fingerprint density at radius 1 is 1.08 bits per heavy atom. The summed E-state index contributed by atoms with van der Waals surface area (Å²) in [7, 11) is 1.58. The van der Waals surface area contributed by atoms with Gasteiger partial charge in [-0.1, -0.05) is 22.0 Å². The van der Waals surface area contributed by atoms with Gasteiger partial charge in [-0.25, -0.2) is 4.99 Å². The molecule has 1 N–H and O–H groups in total. The van der Waals surface area contributed by atoms with Crippen molar-refractivity contribution < 1.29 is 23.7 Å². The van der Waals surface area contributed by atoms with E-state index in [1.54, 1.807) is 13.2 Å². The highest BCUT2D eigenvalue weighted by Crippen LogP contribution is 2.40. The second-order valence-electron chi connectivity index (χ2n) is 8.39. The number of carbonyl (C=O) groups excluding carboxylic acids is 1. The van der Waals surface area contributed by atoms with Gasteiger partial charge in [-0.05, 0) is 106 Å². The van der Waals surface area contributed by atoms with Crippen LogP contribution in [0.15, 0.2) is 61.3 Å². The van der Waals surface area contributed by atoms with Crippen molar-refractivity contribution in [1.29, 1.82) is 0 Å². The summed E-state index contributed by atoms with van der Waals surface area (Å²) < 4.78 is 24.2. The number of aliphatic imine (C=N–C) groups is 1. The maximum atomic E-state index is 12.6. The average molecular weight is 646 g/mol. The van der Waals surface area contributed by atoms with Crippen LogP contribution in [-0.4, -0.2) is 25.0 Å². The zero-order valence-corrected chi connectivity index (χ0v) is 24.2. The van der Waals surface area contributed by atoms with Gasteiger partial charge in [0, 0.05) is 4.47 Å². The molecular weight excluding hydrogens is 624 g/mol. The highest BCUT2D eigenvalue weighted by atomic mass is 79.9. The van der Waals surface area contributed by atoms with Crippen LogP contribution >= 0.6 is 43.6 Å². The zero-order chi connectivity index (χ0) is 26.1. The maximum Gasteiger partial charge on any atom is 0.264 e. The SMILES string of the molecule is COc1cc(/C=C2\SC(=Nc3cc(C)c(Br)c(C)c3)NC2=O)cc(Br)c1OCc1ccc2c(c1)OCO2. The van der Waals surface area contributed by atoms with Crippen molar-refractivity contribution in [1.82, 2.24) is 5.32 Å². The largest absolute Gasteiger partial charge is 0.493 e. The van der Waals surface area contributed by atoms with Crippen molar-refractivity contribution in [3.05, 3.63) is 78.6 Å². The lowest BCUT2D eigenvalue weighted by atomic mass is 10.1. The predicted octanol–water partition coefficient (Wildman–Crippen LogP) is 7.04. The topological polar surface area (TPSA) is 78.4 Å². The lowest BCUT2D eigenvalue weighted by Crippen LogP contribution is -2.19. The standard InChI is InChI=1S/C27H22Br2N2O5S/c1-14-6-18(7-15(2)24(14)29)30-27-31-26(32)23(37-27)11-17-8-19(28)25(22(10-17)33-3)34-12-16-4-5-20-21(9-16)36-13-35-20/h4-11H,12-13H2,1-3H3,(H,30,31,32)/b23-11-. The van der Waals surface area contributed by atoms with Crippen LogP contribution in [-0.2, 0) is 11.4 Å². The van der Waals surface area contributed by atoms with Gasteiger partial charge in [0.15, 0.2) is 28.2 Å². The molecule has 2 aliphatic rings. The average Bonchev–Trinajstić information content (AvgIpc) is 3.47. The van der Waals surface area contributed by atoms with Crippen LogP contribution in [0.2, 0.25) is 0 Å². The first kappa shape index (κ1) is 25.7. The zero-order valence-electron chi connectivity index (χ0n) is 20.2. The Morgan fingerprint density at radius 3 is 2.59 bits per heavy atom. The molecule has 0 radical (unpaired) electrons. The summed E-state index contributed by atoms with van der Waals surface area (Å²) in [6.07, 6.45) is 1.80. The molecule has 0 bridgehead atoms. The Bertz CT molecular complexity index is 1450. The van der Waals surface area contributed by atoms with Gasteiger partial charge in [0.2, 0.25) is 6.79 Å². The molecule has 2 heterocycles. The molecule has 2 aliphatic heterocycles. The summed E-state index contributed by atoms with van der Waals surface area (Å²) in [5, 5.41) is 3.38. The van der Waals surface area contributed by atoms with Gasteiger partial charge in [0.1, 0.15) is 6.61 Å². The van der Waals surface area contributed by atoms with E-state index in [0.29, 0.717) is 38.4 Å². The number of methoxy groups -OCH3 is 1. The van der Waals surface area contributed by atoms with E-state index in [0.717, 1.165) is 38.2 Å². The highest BCUT2D eigenvalue weighted by molar-refractivity contribution is 9.10.